The quantitative estimate of drug-likeness (QED) is 0.250. The number of carbonyl (C=O) groups is 3. The van der Waals surface area contributed by atoms with Gasteiger partial charge in [-0.1, -0.05) is 0 Å². The van der Waals surface area contributed by atoms with E-state index in [2.05, 4.69) is 12.6 Å². The number of rotatable bonds is 3. The van der Waals surface area contributed by atoms with Gasteiger partial charge in [-0.3, -0.25) is 9.59 Å². The Morgan fingerprint density at radius 1 is 1.50 bits per heavy atom. The van der Waals surface area contributed by atoms with Crippen molar-refractivity contribution in [3.05, 3.63) is 0 Å². The zero-order chi connectivity index (χ0) is 10.1. The fraction of sp³-hybridized carbons (Fsp3) is 0.400. The van der Waals surface area contributed by atoms with Gasteiger partial charge in [-0.05, 0) is 0 Å². The van der Waals surface area contributed by atoms with E-state index in [0.29, 0.717) is 0 Å². The highest BCUT2D eigenvalue weighted by Gasteiger charge is 2.06. The minimum atomic E-state index is -1.43. The monoisotopic (exact) mass is 195 g/mol. The molecule has 7 heteroatoms. The largest absolute Gasteiger partial charge is 0.480 e. The fourth-order valence-corrected chi connectivity index (χ4v) is 0.234. The van der Waals surface area contributed by atoms with Crippen molar-refractivity contribution in [1.29, 1.82) is 0 Å². The molecule has 0 heterocycles. The zero-order valence-corrected chi connectivity index (χ0v) is 6.90. The number of carboxylic acid groups (broad SMARTS) is 2. The molecule has 0 aromatic carbocycles. The first kappa shape index (κ1) is 13.5. The van der Waals surface area contributed by atoms with Gasteiger partial charge in [0.2, 0.25) is 6.29 Å². The summed E-state index contributed by atoms with van der Waals surface area (Å²) in [6.07, 6.45) is -0.167. The first-order valence-electron chi connectivity index (χ1n) is 2.73. The van der Waals surface area contributed by atoms with Crippen LogP contribution < -0.4 is 5.73 Å². The number of aldehydes is 1. The Labute approximate surface area is 73.8 Å². The van der Waals surface area contributed by atoms with Crippen molar-refractivity contribution in [2.45, 2.75) is 6.04 Å². The SMILES string of the molecule is N[C@@H](CS)C(=O)O.O=CC(=O)O. The standard InChI is InChI=1S/C3H7NO2S.C2H2O3/c4-2(1-7)3(5)6;3-1-2(4)5/h2,7H,1,4H2,(H,5,6);1H,(H,4,5)/t2-;/m0./s1. The van der Waals surface area contributed by atoms with E-state index < -0.39 is 18.0 Å². The van der Waals surface area contributed by atoms with Crippen molar-refractivity contribution in [1.82, 2.24) is 0 Å². The molecule has 1 atom stereocenters. The van der Waals surface area contributed by atoms with Crippen LogP contribution in [0, 0.1) is 0 Å². The molecule has 0 aliphatic rings. The summed E-state index contributed by atoms with van der Waals surface area (Å²) in [6.45, 7) is 0. The van der Waals surface area contributed by atoms with Gasteiger partial charge < -0.3 is 15.9 Å². The molecule has 0 amide bonds. The maximum atomic E-state index is 9.76. The molecule has 0 saturated carbocycles. The Balaban J connectivity index is 0. The molecule has 0 unspecified atom stereocenters. The second-order valence-corrected chi connectivity index (χ2v) is 1.95. The predicted octanol–water partition coefficient (Wildman–Crippen LogP) is -1.40. The Hall–Kier alpha value is -1.08. The summed E-state index contributed by atoms with van der Waals surface area (Å²) in [5.74, 6) is -2.24. The molecule has 6 nitrogen and oxygen atoms in total. The van der Waals surface area contributed by atoms with Gasteiger partial charge in [0, 0.05) is 5.75 Å². The van der Waals surface area contributed by atoms with Crippen molar-refractivity contribution in [3.63, 3.8) is 0 Å². The summed E-state index contributed by atoms with van der Waals surface area (Å²) in [5.41, 5.74) is 4.94. The molecule has 4 N–H and O–H groups in total. The van der Waals surface area contributed by atoms with Crippen LogP contribution in [0.4, 0.5) is 0 Å². The number of carbonyl (C=O) groups excluding carboxylic acids is 1. The summed E-state index contributed by atoms with van der Waals surface area (Å²) in [7, 11) is 0. The van der Waals surface area contributed by atoms with E-state index in [9.17, 15) is 4.79 Å². The summed E-state index contributed by atoms with van der Waals surface area (Å²) in [6, 6.07) is -0.816. The van der Waals surface area contributed by atoms with Crippen molar-refractivity contribution in [3.8, 4) is 0 Å². The van der Waals surface area contributed by atoms with E-state index in [1.165, 1.54) is 0 Å². The summed E-state index contributed by atoms with van der Waals surface area (Å²) >= 11 is 3.65. The van der Waals surface area contributed by atoms with Gasteiger partial charge in [0.15, 0.2) is 0 Å². The van der Waals surface area contributed by atoms with Crippen LogP contribution in [-0.2, 0) is 14.4 Å². The Morgan fingerprint density at radius 2 is 1.83 bits per heavy atom. The Morgan fingerprint density at radius 3 is 1.83 bits per heavy atom. The minimum Gasteiger partial charge on any atom is -0.480 e. The second-order valence-electron chi connectivity index (χ2n) is 1.58. The molecule has 0 spiro atoms. The van der Waals surface area contributed by atoms with Gasteiger partial charge in [0.1, 0.15) is 6.04 Å². The lowest BCUT2D eigenvalue weighted by atomic mass is 10.4. The molecule has 0 bridgehead atoms. The van der Waals surface area contributed by atoms with Crippen LogP contribution in [0.2, 0.25) is 0 Å². The molecule has 0 fully saturated rings. The van der Waals surface area contributed by atoms with E-state index in [4.69, 9.17) is 25.5 Å². The molecule has 70 valence electrons. The number of thiol groups is 1. The molecule has 0 rings (SSSR count). The number of hydrogen-bond donors (Lipinski definition) is 4. The highest BCUT2D eigenvalue weighted by molar-refractivity contribution is 7.80. The van der Waals surface area contributed by atoms with E-state index in [1.807, 2.05) is 0 Å². The predicted molar refractivity (Wildman–Crippen MR) is 43.2 cm³/mol. The Kier molecular flexibility index (Phi) is 9.03. The smallest absolute Gasteiger partial charge is 0.368 e. The third kappa shape index (κ3) is 11.7. The summed E-state index contributed by atoms with van der Waals surface area (Å²) in [5, 5.41) is 15.4. The minimum absolute atomic E-state index is 0.167. The molecule has 0 saturated heterocycles. The number of nitrogens with two attached hydrogens (primary N) is 1. The second kappa shape index (κ2) is 8.02. The van der Waals surface area contributed by atoms with Gasteiger partial charge >= 0.3 is 11.9 Å². The van der Waals surface area contributed by atoms with Crippen LogP contribution in [0.5, 0.6) is 0 Å². The molecule has 0 aromatic rings. The maximum Gasteiger partial charge on any atom is 0.368 e. The van der Waals surface area contributed by atoms with Crippen LogP contribution in [0.3, 0.4) is 0 Å². The van der Waals surface area contributed by atoms with Gasteiger partial charge in [-0.25, -0.2) is 4.79 Å². The first-order chi connectivity index (χ1) is 5.45. The van der Waals surface area contributed by atoms with E-state index in [1.54, 1.807) is 0 Å². The third-order valence-electron chi connectivity index (χ3n) is 0.615. The number of aliphatic carboxylic acids is 2. The zero-order valence-electron chi connectivity index (χ0n) is 6.01. The summed E-state index contributed by atoms with van der Waals surface area (Å²) < 4.78 is 0. The lowest BCUT2D eigenvalue weighted by molar-refractivity contribution is -0.143. The van der Waals surface area contributed by atoms with E-state index in [-0.39, 0.29) is 12.0 Å². The van der Waals surface area contributed by atoms with Crippen LogP contribution in [-0.4, -0.2) is 40.2 Å². The summed E-state index contributed by atoms with van der Waals surface area (Å²) in [4.78, 5) is 27.7. The van der Waals surface area contributed by atoms with Crippen molar-refractivity contribution in [2.75, 3.05) is 5.75 Å². The highest BCUT2D eigenvalue weighted by atomic mass is 32.1. The average Bonchev–Trinajstić information content (AvgIpc) is 2.04. The van der Waals surface area contributed by atoms with Crippen molar-refractivity contribution in [2.24, 2.45) is 5.73 Å². The molecular formula is C5H9NO5S. The average molecular weight is 195 g/mol. The van der Waals surface area contributed by atoms with E-state index >= 15 is 0 Å². The first-order valence-corrected chi connectivity index (χ1v) is 3.36. The van der Waals surface area contributed by atoms with Gasteiger partial charge in [-0.15, -0.1) is 0 Å². The van der Waals surface area contributed by atoms with Crippen molar-refractivity contribution < 1.29 is 24.6 Å². The lowest BCUT2D eigenvalue weighted by Gasteiger charge is -1.96. The van der Waals surface area contributed by atoms with Crippen LogP contribution >= 0.6 is 12.6 Å². The fourth-order valence-electron chi connectivity index (χ4n) is 0.0781. The van der Waals surface area contributed by atoms with Crippen LogP contribution in [0.1, 0.15) is 0 Å². The van der Waals surface area contributed by atoms with E-state index in [0.717, 1.165) is 0 Å². The molecule has 12 heavy (non-hydrogen) atoms. The highest BCUT2D eigenvalue weighted by Crippen LogP contribution is 1.80. The van der Waals surface area contributed by atoms with Crippen LogP contribution in [0.15, 0.2) is 0 Å². The van der Waals surface area contributed by atoms with Gasteiger partial charge in [-0.2, -0.15) is 12.6 Å². The van der Waals surface area contributed by atoms with Gasteiger partial charge in [0.25, 0.3) is 0 Å². The van der Waals surface area contributed by atoms with Crippen molar-refractivity contribution >= 4 is 30.9 Å². The van der Waals surface area contributed by atoms with Crippen LogP contribution in [0.25, 0.3) is 0 Å². The third-order valence-corrected chi connectivity index (χ3v) is 1.01. The maximum absolute atomic E-state index is 9.76. The molecule has 0 radical (unpaired) electrons. The topological polar surface area (TPSA) is 118 Å². The Bertz CT molecular complexity index is 171. The number of carboxylic acids is 2. The number of hydrogen-bond acceptors (Lipinski definition) is 5. The van der Waals surface area contributed by atoms with Gasteiger partial charge in [0.05, 0.1) is 0 Å². The molecule has 0 aromatic heterocycles. The molecular weight excluding hydrogens is 186 g/mol. The lowest BCUT2D eigenvalue weighted by Crippen LogP contribution is -2.31. The molecule has 0 aliphatic carbocycles. The normalized spacial score (nSPS) is 10.5. The molecule has 0 aliphatic heterocycles.